The second kappa shape index (κ2) is 6.57. The predicted octanol–water partition coefficient (Wildman–Crippen LogP) is 3.73. The molecule has 0 aliphatic rings. The van der Waals surface area contributed by atoms with Crippen LogP contribution in [0.3, 0.4) is 0 Å². The molecule has 0 unspecified atom stereocenters. The minimum Gasteiger partial charge on any atom is -0.491 e. The van der Waals surface area contributed by atoms with Gasteiger partial charge < -0.3 is 4.74 Å². The van der Waals surface area contributed by atoms with Crippen LogP contribution < -0.4 is 4.74 Å². The molecule has 0 atom stereocenters. The lowest BCUT2D eigenvalue weighted by Crippen LogP contribution is -2.01. The van der Waals surface area contributed by atoms with E-state index in [1.165, 1.54) is 0 Å². The molecule has 0 aliphatic carbocycles. The predicted molar refractivity (Wildman–Crippen MR) is 84.8 cm³/mol. The van der Waals surface area contributed by atoms with Crippen LogP contribution in [0.4, 0.5) is 0 Å². The Morgan fingerprint density at radius 2 is 2.14 bits per heavy atom. The summed E-state index contributed by atoms with van der Waals surface area (Å²) in [6, 6.07) is 11.4. The van der Waals surface area contributed by atoms with Gasteiger partial charge in [0.2, 0.25) is 0 Å². The number of hydrogen-bond acceptors (Lipinski definition) is 6. The molecule has 1 aromatic carbocycles. The summed E-state index contributed by atoms with van der Waals surface area (Å²) in [5, 5.41) is 12.0. The van der Waals surface area contributed by atoms with Crippen molar-refractivity contribution in [3.05, 3.63) is 47.6 Å². The van der Waals surface area contributed by atoms with Crippen LogP contribution in [0.5, 0.6) is 5.75 Å². The SMILES string of the molecule is N#Cc1ccccc1OCCSc1ncnc2ccsc12. The van der Waals surface area contributed by atoms with Gasteiger partial charge in [-0.3, -0.25) is 0 Å². The first-order valence-electron chi connectivity index (χ1n) is 6.31. The number of nitriles is 1. The Bertz CT molecular complexity index is 795. The van der Waals surface area contributed by atoms with E-state index in [4.69, 9.17) is 10.00 Å². The van der Waals surface area contributed by atoms with E-state index >= 15 is 0 Å². The number of thioether (sulfide) groups is 1. The molecule has 3 rings (SSSR count). The molecule has 0 bridgehead atoms. The van der Waals surface area contributed by atoms with Crippen molar-refractivity contribution in [1.29, 1.82) is 5.26 Å². The van der Waals surface area contributed by atoms with Gasteiger partial charge in [0.25, 0.3) is 0 Å². The topological polar surface area (TPSA) is 58.8 Å². The van der Waals surface area contributed by atoms with Crippen molar-refractivity contribution in [2.24, 2.45) is 0 Å². The van der Waals surface area contributed by atoms with E-state index in [0.717, 1.165) is 21.0 Å². The number of ether oxygens (including phenoxy) is 1. The fraction of sp³-hybridized carbons (Fsp3) is 0.133. The Labute approximate surface area is 130 Å². The first-order chi connectivity index (χ1) is 10.4. The van der Waals surface area contributed by atoms with Crippen LogP contribution in [-0.4, -0.2) is 22.3 Å². The quantitative estimate of drug-likeness (QED) is 0.408. The zero-order valence-corrected chi connectivity index (χ0v) is 12.7. The summed E-state index contributed by atoms with van der Waals surface area (Å²) in [5.41, 5.74) is 1.54. The number of para-hydroxylation sites is 1. The van der Waals surface area contributed by atoms with E-state index in [1.807, 2.05) is 29.6 Å². The van der Waals surface area contributed by atoms with Gasteiger partial charge in [-0.25, -0.2) is 9.97 Å². The molecule has 0 saturated carbocycles. The summed E-state index contributed by atoms with van der Waals surface area (Å²) in [5.74, 6) is 1.40. The monoisotopic (exact) mass is 313 g/mol. The lowest BCUT2D eigenvalue weighted by molar-refractivity contribution is 0.343. The number of aromatic nitrogens is 2. The molecule has 0 spiro atoms. The Morgan fingerprint density at radius 1 is 1.24 bits per heavy atom. The van der Waals surface area contributed by atoms with Crippen molar-refractivity contribution in [3.63, 3.8) is 0 Å². The molecule has 6 heteroatoms. The van der Waals surface area contributed by atoms with E-state index in [0.29, 0.717) is 17.9 Å². The molecule has 21 heavy (non-hydrogen) atoms. The van der Waals surface area contributed by atoms with Crippen LogP contribution in [0.25, 0.3) is 10.2 Å². The molecule has 0 amide bonds. The van der Waals surface area contributed by atoms with Crippen LogP contribution in [0.1, 0.15) is 5.56 Å². The average Bonchev–Trinajstić information content (AvgIpc) is 3.01. The standard InChI is InChI=1S/C15H11N3OS2/c16-9-11-3-1-2-4-13(11)19-6-8-21-15-14-12(5-7-20-14)17-10-18-15/h1-5,7,10H,6,8H2. The zero-order valence-electron chi connectivity index (χ0n) is 11.0. The van der Waals surface area contributed by atoms with Gasteiger partial charge in [0, 0.05) is 5.75 Å². The minimum atomic E-state index is 0.528. The van der Waals surface area contributed by atoms with Gasteiger partial charge in [0.1, 0.15) is 23.2 Å². The highest BCUT2D eigenvalue weighted by Crippen LogP contribution is 2.28. The molecule has 0 radical (unpaired) electrons. The van der Waals surface area contributed by atoms with Crippen LogP contribution >= 0.6 is 23.1 Å². The number of hydrogen-bond donors (Lipinski definition) is 0. The van der Waals surface area contributed by atoms with Gasteiger partial charge in [-0.2, -0.15) is 5.26 Å². The first-order valence-corrected chi connectivity index (χ1v) is 8.18. The number of nitrogens with zero attached hydrogens (tertiary/aromatic N) is 3. The van der Waals surface area contributed by atoms with E-state index in [9.17, 15) is 0 Å². The normalized spacial score (nSPS) is 10.4. The van der Waals surface area contributed by atoms with Gasteiger partial charge in [-0.15, -0.1) is 23.1 Å². The van der Waals surface area contributed by atoms with Gasteiger partial charge in [0.05, 0.1) is 22.4 Å². The van der Waals surface area contributed by atoms with Crippen molar-refractivity contribution in [2.75, 3.05) is 12.4 Å². The Hall–Kier alpha value is -2.10. The molecule has 0 fully saturated rings. The van der Waals surface area contributed by atoms with Gasteiger partial charge in [-0.1, -0.05) is 12.1 Å². The molecule has 0 aliphatic heterocycles. The number of rotatable bonds is 5. The summed E-state index contributed by atoms with van der Waals surface area (Å²) in [6.07, 6.45) is 1.59. The highest BCUT2D eigenvalue weighted by Gasteiger charge is 2.06. The number of benzene rings is 1. The van der Waals surface area contributed by atoms with Crippen molar-refractivity contribution >= 4 is 33.3 Å². The highest BCUT2D eigenvalue weighted by atomic mass is 32.2. The van der Waals surface area contributed by atoms with Gasteiger partial charge in [-0.05, 0) is 23.6 Å². The molecular formula is C15H11N3OS2. The fourth-order valence-corrected chi connectivity index (χ4v) is 3.61. The van der Waals surface area contributed by atoms with Crippen molar-refractivity contribution in [1.82, 2.24) is 9.97 Å². The Morgan fingerprint density at radius 3 is 3.05 bits per heavy atom. The third kappa shape index (κ3) is 3.15. The van der Waals surface area contributed by atoms with E-state index in [-0.39, 0.29) is 0 Å². The van der Waals surface area contributed by atoms with E-state index < -0.39 is 0 Å². The maximum absolute atomic E-state index is 9.00. The maximum atomic E-state index is 9.00. The molecule has 2 aromatic heterocycles. The van der Waals surface area contributed by atoms with Crippen molar-refractivity contribution < 1.29 is 4.74 Å². The van der Waals surface area contributed by atoms with Crippen LogP contribution in [0.15, 0.2) is 47.1 Å². The van der Waals surface area contributed by atoms with Crippen LogP contribution in [0, 0.1) is 11.3 Å². The van der Waals surface area contributed by atoms with Crippen LogP contribution in [0.2, 0.25) is 0 Å². The van der Waals surface area contributed by atoms with E-state index in [2.05, 4.69) is 16.0 Å². The summed E-state index contributed by atoms with van der Waals surface area (Å²) >= 11 is 3.28. The average molecular weight is 313 g/mol. The number of fused-ring (bicyclic) bond motifs is 1. The second-order valence-corrected chi connectivity index (χ2v) is 6.12. The molecule has 3 aromatic rings. The summed E-state index contributed by atoms with van der Waals surface area (Å²) in [6.45, 7) is 0.528. The lowest BCUT2D eigenvalue weighted by Gasteiger charge is -2.07. The van der Waals surface area contributed by atoms with Gasteiger partial charge in [0.15, 0.2) is 0 Å². The second-order valence-electron chi connectivity index (χ2n) is 4.12. The minimum absolute atomic E-state index is 0.528. The van der Waals surface area contributed by atoms with Gasteiger partial charge >= 0.3 is 0 Å². The molecular weight excluding hydrogens is 302 g/mol. The number of thiophene rings is 1. The molecule has 2 heterocycles. The summed E-state index contributed by atoms with van der Waals surface area (Å²) < 4.78 is 6.77. The Balaban J connectivity index is 1.60. The molecule has 4 nitrogen and oxygen atoms in total. The summed E-state index contributed by atoms with van der Waals surface area (Å²) in [7, 11) is 0. The molecule has 0 saturated heterocycles. The first kappa shape index (κ1) is 13.9. The zero-order chi connectivity index (χ0) is 14.5. The van der Waals surface area contributed by atoms with E-state index in [1.54, 1.807) is 35.5 Å². The molecule has 104 valence electrons. The highest BCUT2D eigenvalue weighted by molar-refractivity contribution is 7.99. The third-order valence-electron chi connectivity index (χ3n) is 2.80. The van der Waals surface area contributed by atoms with Crippen LogP contribution in [-0.2, 0) is 0 Å². The molecule has 0 N–H and O–H groups in total. The smallest absolute Gasteiger partial charge is 0.137 e. The lowest BCUT2D eigenvalue weighted by atomic mass is 10.2. The maximum Gasteiger partial charge on any atom is 0.137 e. The summed E-state index contributed by atoms with van der Waals surface area (Å²) in [4.78, 5) is 8.53. The largest absolute Gasteiger partial charge is 0.491 e. The fourth-order valence-electron chi connectivity index (χ4n) is 1.84. The third-order valence-corrected chi connectivity index (χ3v) is 4.79. The van der Waals surface area contributed by atoms with Crippen molar-refractivity contribution in [2.45, 2.75) is 5.03 Å². The van der Waals surface area contributed by atoms with Crippen molar-refractivity contribution in [3.8, 4) is 11.8 Å². The Kier molecular flexibility index (Phi) is 4.34.